The van der Waals surface area contributed by atoms with Crippen molar-refractivity contribution < 1.29 is 4.79 Å². The predicted molar refractivity (Wildman–Crippen MR) is 85.1 cm³/mol. The van der Waals surface area contributed by atoms with Crippen molar-refractivity contribution >= 4 is 22.6 Å². The Labute approximate surface area is 127 Å². The fourth-order valence-corrected chi connectivity index (χ4v) is 2.66. The zero-order chi connectivity index (χ0) is 15.7. The number of benzene rings is 1. The summed E-state index contributed by atoms with van der Waals surface area (Å²) in [6, 6.07) is 9.33. The van der Waals surface area contributed by atoms with Gasteiger partial charge in [-0.1, -0.05) is 30.3 Å². The minimum absolute atomic E-state index is 0.457. The van der Waals surface area contributed by atoms with Crippen LogP contribution in [0.15, 0.2) is 42.7 Å². The fourth-order valence-electron chi connectivity index (χ4n) is 2.66. The molecule has 6 heteroatoms. The lowest BCUT2D eigenvalue weighted by atomic mass is 9.90. The lowest BCUT2D eigenvalue weighted by molar-refractivity contribution is -0.118. The molecule has 1 atom stereocenters. The second-order valence-corrected chi connectivity index (χ2v) is 5.07. The van der Waals surface area contributed by atoms with Crippen LogP contribution in [-0.2, 0) is 11.3 Å². The number of nitrogen functional groups attached to an aromatic ring is 1. The van der Waals surface area contributed by atoms with E-state index in [1.165, 1.54) is 0 Å². The molecular weight excluding hydrogens is 278 g/mol. The zero-order valence-corrected chi connectivity index (χ0v) is 12.2. The van der Waals surface area contributed by atoms with Crippen LogP contribution < -0.4 is 11.5 Å². The van der Waals surface area contributed by atoms with Crippen LogP contribution in [0.4, 0.5) is 5.69 Å². The van der Waals surface area contributed by atoms with E-state index >= 15 is 0 Å². The fraction of sp³-hybridized carbons (Fsp3) is 0.188. The first-order valence-electron chi connectivity index (χ1n) is 7.07. The SMILES string of the molecule is CCn1ncc2c(N)c(C(C(N)=O)c3ccccc3)cnc21. The van der Waals surface area contributed by atoms with E-state index < -0.39 is 11.8 Å². The molecule has 0 fully saturated rings. The summed E-state index contributed by atoms with van der Waals surface area (Å²) in [6.45, 7) is 2.68. The summed E-state index contributed by atoms with van der Waals surface area (Å²) in [4.78, 5) is 16.4. The number of pyridine rings is 1. The number of rotatable bonds is 4. The molecule has 3 rings (SSSR count). The van der Waals surface area contributed by atoms with E-state index in [-0.39, 0.29) is 0 Å². The van der Waals surface area contributed by atoms with Gasteiger partial charge in [-0.15, -0.1) is 0 Å². The summed E-state index contributed by atoms with van der Waals surface area (Å²) in [5.74, 6) is -1.08. The molecule has 6 nitrogen and oxygen atoms in total. The topological polar surface area (TPSA) is 99.8 Å². The number of fused-ring (bicyclic) bond motifs is 1. The number of amides is 1. The Morgan fingerprint density at radius 2 is 2.00 bits per heavy atom. The molecule has 112 valence electrons. The summed E-state index contributed by atoms with van der Waals surface area (Å²) < 4.78 is 1.76. The number of anilines is 1. The minimum atomic E-state index is -0.622. The highest BCUT2D eigenvalue weighted by Crippen LogP contribution is 2.32. The Hall–Kier alpha value is -2.89. The molecular formula is C16H17N5O. The van der Waals surface area contributed by atoms with Gasteiger partial charge >= 0.3 is 0 Å². The average molecular weight is 295 g/mol. The Morgan fingerprint density at radius 3 is 2.64 bits per heavy atom. The minimum Gasteiger partial charge on any atom is -0.398 e. The van der Waals surface area contributed by atoms with Crippen LogP contribution in [-0.4, -0.2) is 20.7 Å². The Balaban J connectivity index is 2.19. The Kier molecular flexibility index (Phi) is 3.50. The molecule has 0 aliphatic heterocycles. The maximum Gasteiger partial charge on any atom is 0.229 e. The second-order valence-electron chi connectivity index (χ2n) is 5.07. The van der Waals surface area contributed by atoms with Gasteiger partial charge in [-0.3, -0.25) is 4.79 Å². The van der Waals surface area contributed by atoms with Gasteiger partial charge < -0.3 is 11.5 Å². The van der Waals surface area contributed by atoms with Gasteiger partial charge in [0.25, 0.3) is 0 Å². The third-order valence-corrected chi connectivity index (χ3v) is 3.77. The van der Waals surface area contributed by atoms with Crippen molar-refractivity contribution in [2.24, 2.45) is 5.73 Å². The summed E-state index contributed by atoms with van der Waals surface area (Å²) in [5.41, 5.74) is 14.5. The van der Waals surface area contributed by atoms with Gasteiger partial charge in [-0.25, -0.2) is 9.67 Å². The third kappa shape index (κ3) is 2.18. The largest absolute Gasteiger partial charge is 0.398 e. The van der Waals surface area contributed by atoms with Crippen LogP contribution in [0.2, 0.25) is 0 Å². The highest BCUT2D eigenvalue weighted by atomic mass is 16.1. The number of nitrogens with zero attached hydrogens (tertiary/aromatic N) is 3. The average Bonchev–Trinajstić information content (AvgIpc) is 2.94. The van der Waals surface area contributed by atoms with Crippen LogP contribution in [0.3, 0.4) is 0 Å². The molecule has 2 aromatic heterocycles. The zero-order valence-electron chi connectivity index (χ0n) is 12.2. The van der Waals surface area contributed by atoms with E-state index in [9.17, 15) is 4.79 Å². The Morgan fingerprint density at radius 1 is 1.27 bits per heavy atom. The van der Waals surface area contributed by atoms with Crippen molar-refractivity contribution in [2.75, 3.05) is 5.73 Å². The quantitative estimate of drug-likeness (QED) is 0.764. The normalized spacial score (nSPS) is 12.4. The molecule has 1 unspecified atom stereocenters. The van der Waals surface area contributed by atoms with Crippen LogP contribution in [0, 0.1) is 0 Å². The first-order chi connectivity index (χ1) is 10.6. The molecule has 0 aliphatic carbocycles. The van der Waals surface area contributed by atoms with E-state index in [0.717, 1.165) is 10.9 Å². The number of carbonyl (C=O) groups is 1. The highest BCUT2D eigenvalue weighted by Gasteiger charge is 2.24. The molecule has 1 aromatic carbocycles. The van der Waals surface area contributed by atoms with E-state index in [1.807, 2.05) is 37.3 Å². The van der Waals surface area contributed by atoms with Crippen molar-refractivity contribution in [1.82, 2.24) is 14.8 Å². The number of nitrogens with two attached hydrogens (primary N) is 2. The maximum absolute atomic E-state index is 12.0. The van der Waals surface area contributed by atoms with Crippen molar-refractivity contribution in [3.63, 3.8) is 0 Å². The molecule has 0 saturated carbocycles. The van der Waals surface area contributed by atoms with E-state index in [2.05, 4.69) is 10.1 Å². The third-order valence-electron chi connectivity index (χ3n) is 3.77. The summed E-state index contributed by atoms with van der Waals surface area (Å²) in [6.07, 6.45) is 3.29. The highest BCUT2D eigenvalue weighted by molar-refractivity contribution is 5.94. The number of aryl methyl sites for hydroxylation is 1. The van der Waals surface area contributed by atoms with Crippen LogP contribution in [0.5, 0.6) is 0 Å². The first kappa shape index (κ1) is 14.1. The molecule has 0 spiro atoms. The van der Waals surface area contributed by atoms with Gasteiger partial charge in [0.05, 0.1) is 23.2 Å². The van der Waals surface area contributed by atoms with Gasteiger partial charge in [0.15, 0.2) is 5.65 Å². The molecule has 3 aromatic rings. The first-order valence-corrected chi connectivity index (χ1v) is 7.07. The maximum atomic E-state index is 12.0. The summed E-state index contributed by atoms with van der Waals surface area (Å²) >= 11 is 0. The van der Waals surface area contributed by atoms with Gasteiger partial charge in [-0.05, 0) is 12.5 Å². The molecule has 1 amide bonds. The number of carbonyl (C=O) groups excluding carboxylic acids is 1. The van der Waals surface area contributed by atoms with Gasteiger partial charge in [0, 0.05) is 18.3 Å². The van der Waals surface area contributed by atoms with Crippen molar-refractivity contribution in [3.8, 4) is 0 Å². The van der Waals surface area contributed by atoms with Gasteiger partial charge in [-0.2, -0.15) is 5.10 Å². The van der Waals surface area contributed by atoms with E-state index in [1.54, 1.807) is 17.1 Å². The molecule has 4 N–H and O–H groups in total. The summed E-state index contributed by atoms with van der Waals surface area (Å²) in [7, 11) is 0. The van der Waals surface area contributed by atoms with E-state index in [0.29, 0.717) is 23.4 Å². The van der Waals surface area contributed by atoms with Crippen LogP contribution in [0.1, 0.15) is 24.0 Å². The van der Waals surface area contributed by atoms with Crippen molar-refractivity contribution in [3.05, 3.63) is 53.9 Å². The molecule has 22 heavy (non-hydrogen) atoms. The monoisotopic (exact) mass is 295 g/mol. The number of hydrogen-bond acceptors (Lipinski definition) is 4. The van der Waals surface area contributed by atoms with Gasteiger partial charge in [0.2, 0.25) is 5.91 Å². The number of aromatic nitrogens is 3. The molecule has 2 heterocycles. The van der Waals surface area contributed by atoms with Gasteiger partial charge in [0.1, 0.15) is 0 Å². The lowest BCUT2D eigenvalue weighted by Gasteiger charge is -2.16. The molecule has 0 radical (unpaired) electrons. The van der Waals surface area contributed by atoms with E-state index in [4.69, 9.17) is 11.5 Å². The summed E-state index contributed by atoms with van der Waals surface area (Å²) in [5, 5.41) is 4.99. The molecule has 0 saturated heterocycles. The van der Waals surface area contributed by atoms with Crippen LogP contribution in [0.25, 0.3) is 11.0 Å². The molecule has 0 aliphatic rings. The Bertz CT molecular complexity index is 825. The number of primary amides is 1. The van der Waals surface area contributed by atoms with Crippen LogP contribution >= 0.6 is 0 Å². The molecule has 0 bridgehead atoms. The lowest BCUT2D eigenvalue weighted by Crippen LogP contribution is -2.23. The smallest absolute Gasteiger partial charge is 0.229 e. The standard InChI is InChI=1S/C16H17N5O/c1-2-21-16-12(9-20-21)14(17)11(8-19-16)13(15(18)22)10-6-4-3-5-7-10/h3-9,13H,2H2,1H3,(H2,17,19)(H2,18,22). The second kappa shape index (κ2) is 5.48. The van der Waals surface area contributed by atoms with Crippen molar-refractivity contribution in [2.45, 2.75) is 19.4 Å². The number of hydrogen-bond donors (Lipinski definition) is 2. The van der Waals surface area contributed by atoms with Crippen molar-refractivity contribution in [1.29, 1.82) is 0 Å². The predicted octanol–water partition coefficient (Wildman–Crippen LogP) is 1.65.